The highest BCUT2D eigenvalue weighted by Gasteiger charge is 2.16. The van der Waals surface area contributed by atoms with Gasteiger partial charge in [0.15, 0.2) is 5.82 Å². The summed E-state index contributed by atoms with van der Waals surface area (Å²) >= 11 is 5.88. The van der Waals surface area contributed by atoms with Crippen molar-refractivity contribution in [3.63, 3.8) is 0 Å². The van der Waals surface area contributed by atoms with Gasteiger partial charge in [0.25, 0.3) is 0 Å². The topological polar surface area (TPSA) is 52.8 Å². The van der Waals surface area contributed by atoms with E-state index in [9.17, 15) is 0 Å². The second kappa shape index (κ2) is 5.68. The molecule has 0 N–H and O–H groups in total. The summed E-state index contributed by atoms with van der Waals surface area (Å²) in [6.45, 7) is 2.04. The summed E-state index contributed by atoms with van der Waals surface area (Å²) in [4.78, 5) is 1.93. The van der Waals surface area contributed by atoms with E-state index in [-0.39, 0.29) is 6.04 Å². The summed E-state index contributed by atoms with van der Waals surface area (Å²) in [7, 11) is 1.89. The van der Waals surface area contributed by atoms with Crippen LogP contribution < -0.4 is 4.90 Å². The molecule has 19 heavy (non-hydrogen) atoms. The van der Waals surface area contributed by atoms with E-state index in [1.54, 1.807) is 6.07 Å². The third kappa shape index (κ3) is 2.83. The van der Waals surface area contributed by atoms with E-state index < -0.39 is 0 Å². The lowest BCUT2D eigenvalue weighted by Crippen LogP contribution is -2.23. The molecule has 5 heteroatoms. The van der Waals surface area contributed by atoms with Gasteiger partial charge in [0.05, 0.1) is 17.8 Å². The molecule has 4 nitrogen and oxygen atoms in total. The first-order chi connectivity index (χ1) is 9.13. The van der Waals surface area contributed by atoms with E-state index in [1.165, 1.54) is 6.20 Å². The second-order valence-electron chi connectivity index (χ2n) is 4.22. The second-order valence-corrected chi connectivity index (χ2v) is 4.66. The molecule has 0 aliphatic heterocycles. The van der Waals surface area contributed by atoms with E-state index >= 15 is 0 Å². The molecule has 0 spiro atoms. The maximum Gasteiger partial charge on any atom is 0.169 e. The molecular weight excluding hydrogens is 260 g/mol. The molecule has 0 amide bonds. The van der Waals surface area contributed by atoms with Crippen molar-refractivity contribution in [1.29, 1.82) is 5.26 Å². The molecule has 0 radical (unpaired) electrons. The summed E-state index contributed by atoms with van der Waals surface area (Å²) < 4.78 is 0. The number of aromatic nitrogens is 2. The van der Waals surface area contributed by atoms with Gasteiger partial charge in [-0.3, -0.25) is 0 Å². The van der Waals surface area contributed by atoms with E-state index in [4.69, 9.17) is 16.9 Å². The van der Waals surface area contributed by atoms with Gasteiger partial charge in [0.2, 0.25) is 0 Å². The van der Waals surface area contributed by atoms with Crippen molar-refractivity contribution in [2.24, 2.45) is 0 Å². The molecule has 2 aromatic rings. The van der Waals surface area contributed by atoms with Gasteiger partial charge in [-0.2, -0.15) is 10.4 Å². The zero-order valence-electron chi connectivity index (χ0n) is 10.7. The quantitative estimate of drug-likeness (QED) is 0.861. The molecule has 96 valence electrons. The molecule has 0 bridgehead atoms. The number of halogens is 1. The fourth-order valence-corrected chi connectivity index (χ4v) is 1.95. The monoisotopic (exact) mass is 272 g/mol. The molecule has 0 saturated heterocycles. The minimum atomic E-state index is 0.0704. The summed E-state index contributed by atoms with van der Waals surface area (Å²) in [6, 6.07) is 11.5. The molecular formula is C14H13ClN4. The lowest BCUT2D eigenvalue weighted by molar-refractivity contribution is 0.719. The van der Waals surface area contributed by atoms with Gasteiger partial charge in [0.1, 0.15) is 6.07 Å². The Labute approximate surface area is 117 Å². The van der Waals surface area contributed by atoms with Crippen LogP contribution in [-0.4, -0.2) is 17.2 Å². The molecule has 1 aromatic heterocycles. The molecule has 0 aliphatic carbocycles. The maximum absolute atomic E-state index is 9.09. The first kappa shape index (κ1) is 13.3. The van der Waals surface area contributed by atoms with Crippen LogP contribution >= 0.6 is 11.6 Å². The van der Waals surface area contributed by atoms with Gasteiger partial charge < -0.3 is 4.90 Å². The summed E-state index contributed by atoms with van der Waals surface area (Å²) in [5, 5.41) is 17.7. The number of hydrogen-bond acceptors (Lipinski definition) is 4. The normalized spacial score (nSPS) is 11.7. The number of benzene rings is 1. The molecule has 0 saturated carbocycles. The standard InChI is InChI=1S/C14H13ClN4/c1-10(11-3-5-13(15)6-4-11)19(2)14-12(9-16)7-8-17-18-14/h3-8,10H,1-2H3. The lowest BCUT2D eigenvalue weighted by Gasteiger charge is -2.26. The van der Waals surface area contributed by atoms with Gasteiger partial charge >= 0.3 is 0 Å². The van der Waals surface area contributed by atoms with Crippen LogP contribution in [0.3, 0.4) is 0 Å². The van der Waals surface area contributed by atoms with Crippen molar-refractivity contribution in [3.05, 3.63) is 52.7 Å². The SMILES string of the molecule is CC(c1ccc(Cl)cc1)N(C)c1nnccc1C#N. The molecule has 0 aliphatic rings. The first-order valence-electron chi connectivity index (χ1n) is 5.83. The Kier molecular flexibility index (Phi) is 3.98. The van der Waals surface area contributed by atoms with Gasteiger partial charge in [0, 0.05) is 12.1 Å². The molecule has 1 atom stereocenters. The van der Waals surface area contributed by atoms with E-state index in [2.05, 4.69) is 16.3 Å². The van der Waals surface area contributed by atoms with Crippen molar-refractivity contribution in [2.45, 2.75) is 13.0 Å². The van der Waals surface area contributed by atoms with Gasteiger partial charge in [-0.25, -0.2) is 0 Å². The highest BCUT2D eigenvalue weighted by Crippen LogP contribution is 2.26. The van der Waals surface area contributed by atoms with Crippen LogP contribution in [0.25, 0.3) is 0 Å². The zero-order valence-corrected chi connectivity index (χ0v) is 11.5. The van der Waals surface area contributed by atoms with E-state index in [1.807, 2.05) is 43.1 Å². The number of nitriles is 1. The van der Waals surface area contributed by atoms with E-state index in [0.717, 1.165) is 5.56 Å². The summed E-state index contributed by atoms with van der Waals surface area (Å²) in [6.07, 6.45) is 1.52. The smallest absolute Gasteiger partial charge is 0.169 e. The van der Waals surface area contributed by atoms with Crippen LogP contribution in [0.2, 0.25) is 5.02 Å². The van der Waals surface area contributed by atoms with Gasteiger partial charge in [-0.15, -0.1) is 5.10 Å². The number of rotatable bonds is 3. The van der Waals surface area contributed by atoms with Crippen LogP contribution in [-0.2, 0) is 0 Å². The van der Waals surface area contributed by atoms with Crippen molar-refractivity contribution in [1.82, 2.24) is 10.2 Å². The molecule has 0 fully saturated rings. The van der Waals surface area contributed by atoms with Crippen molar-refractivity contribution in [3.8, 4) is 6.07 Å². The Morgan fingerprint density at radius 2 is 1.95 bits per heavy atom. The predicted molar refractivity (Wildman–Crippen MR) is 75.0 cm³/mol. The number of nitrogens with zero attached hydrogens (tertiary/aromatic N) is 4. The van der Waals surface area contributed by atoms with E-state index in [0.29, 0.717) is 16.4 Å². The van der Waals surface area contributed by atoms with Crippen LogP contribution in [0.1, 0.15) is 24.1 Å². The zero-order chi connectivity index (χ0) is 13.8. The minimum Gasteiger partial charge on any atom is -0.350 e. The Bertz CT molecular complexity index is 604. The van der Waals surface area contributed by atoms with Crippen molar-refractivity contribution >= 4 is 17.4 Å². The third-order valence-electron chi connectivity index (χ3n) is 3.09. The molecule has 1 aromatic carbocycles. The summed E-state index contributed by atoms with van der Waals surface area (Å²) in [5.74, 6) is 0.576. The molecule has 1 heterocycles. The van der Waals surface area contributed by atoms with Crippen molar-refractivity contribution in [2.75, 3.05) is 11.9 Å². The largest absolute Gasteiger partial charge is 0.350 e. The fraction of sp³-hybridized carbons (Fsp3) is 0.214. The maximum atomic E-state index is 9.09. The Balaban J connectivity index is 2.31. The Hall–Kier alpha value is -2.12. The first-order valence-corrected chi connectivity index (χ1v) is 6.21. The van der Waals surface area contributed by atoms with Crippen LogP contribution in [0.5, 0.6) is 0 Å². The predicted octanol–water partition coefficient (Wildman–Crippen LogP) is 3.20. The van der Waals surface area contributed by atoms with Gasteiger partial charge in [-0.1, -0.05) is 23.7 Å². The molecule has 1 unspecified atom stereocenters. The van der Waals surface area contributed by atoms with Crippen LogP contribution in [0, 0.1) is 11.3 Å². The van der Waals surface area contributed by atoms with Gasteiger partial charge in [-0.05, 0) is 30.7 Å². The fourth-order valence-electron chi connectivity index (χ4n) is 1.82. The number of hydrogen-bond donors (Lipinski definition) is 0. The number of anilines is 1. The van der Waals surface area contributed by atoms with Crippen molar-refractivity contribution < 1.29 is 0 Å². The highest BCUT2D eigenvalue weighted by atomic mass is 35.5. The van der Waals surface area contributed by atoms with Crippen LogP contribution in [0.15, 0.2) is 36.5 Å². The minimum absolute atomic E-state index is 0.0704. The highest BCUT2D eigenvalue weighted by molar-refractivity contribution is 6.30. The average Bonchev–Trinajstić information content (AvgIpc) is 2.46. The summed E-state index contributed by atoms with van der Waals surface area (Å²) in [5.41, 5.74) is 1.61. The third-order valence-corrected chi connectivity index (χ3v) is 3.34. The molecule has 2 rings (SSSR count). The average molecular weight is 273 g/mol. The Morgan fingerprint density at radius 3 is 2.58 bits per heavy atom. The van der Waals surface area contributed by atoms with Crippen LogP contribution in [0.4, 0.5) is 5.82 Å². The Morgan fingerprint density at radius 1 is 1.26 bits per heavy atom. The lowest BCUT2D eigenvalue weighted by atomic mass is 10.1.